The van der Waals surface area contributed by atoms with Crippen molar-refractivity contribution in [2.24, 2.45) is 0 Å². The standard InChI is InChI=1S/N2.3H2O.Sb/c1-2;;;;/h;3*1H2;. The second-order valence-electron chi connectivity index (χ2n) is 0.0894. The Morgan fingerprint density at radius 3 is 1.17 bits per heavy atom. The molecule has 0 unspecified atom stereocenters. The quantitative estimate of drug-likeness (QED) is 0.225. The predicted octanol–water partition coefficient (Wildman–Crippen LogP) is -3.05. The van der Waals surface area contributed by atoms with E-state index in [0.717, 1.165) is 22.9 Å². The Bertz CT molecular complexity index is 29.8. The normalized spacial score (nSPS) is 1.33. The molecule has 0 heterocycles. The molecule has 0 aromatic carbocycles. The minimum atomic E-state index is 0. The molecule has 0 aromatic rings. The van der Waals surface area contributed by atoms with Crippen molar-refractivity contribution in [3.8, 4) is 0 Å². The van der Waals surface area contributed by atoms with E-state index in [1.807, 2.05) is 0 Å². The third kappa shape index (κ3) is 999. The van der Waals surface area contributed by atoms with Crippen LogP contribution in [-0.2, 0) is 0 Å². The van der Waals surface area contributed by atoms with Crippen molar-refractivity contribution in [2.75, 3.05) is 0 Å². The molecular weight excluding hydrogens is 198 g/mol. The Hall–Kier alpha value is 0.208. The molecule has 6 heavy (non-hydrogen) atoms. The van der Waals surface area contributed by atoms with E-state index < -0.39 is 0 Å². The first kappa shape index (κ1) is 34.5. The number of hydrogen-bond acceptors (Lipinski definition) is 0. The second-order valence-corrected chi connectivity index (χ2v) is 0.600. The van der Waals surface area contributed by atoms with Gasteiger partial charge in [-0.3, -0.25) is 0 Å². The fraction of sp³-hybridized carbons (Fsp3) is 0. The molecule has 0 fully saturated rings. The van der Waals surface area contributed by atoms with Crippen LogP contribution in [-0.4, -0.2) is 39.3 Å². The van der Waals surface area contributed by atoms with Gasteiger partial charge in [0.05, 0.1) is 0 Å². The fourth-order valence-corrected chi connectivity index (χ4v) is 0. The van der Waals surface area contributed by atoms with Crippen LogP contribution < -0.4 is 2.89 Å². The molecule has 0 aliphatic rings. The molecule has 0 spiro atoms. The molecule has 0 saturated heterocycles. The van der Waals surface area contributed by atoms with Crippen LogP contribution in [0.2, 0.25) is 0 Å². The maximum atomic E-state index is 7.22. The first-order chi connectivity index (χ1) is 1.41. The van der Waals surface area contributed by atoms with Gasteiger partial charge in [0.1, 0.15) is 0 Å². The second kappa shape index (κ2) is 63.2. The molecular formula is H6N2O3Sb. The van der Waals surface area contributed by atoms with Crippen LogP contribution in [0.25, 0.3) is 5.53 Å². The molecule has 6 N–H and O–H groups in total. The summed E-state index contributed by atoms with van der Waals surface area (Å²) in [6, 6.07) is 0. The summed E-state index contributed by atoms with van der Waals surface area (Å²) in [5, 5.41) is 0. The van der Waals surface area contributed by atoms with Crippen molar-refractivity contribution in [2.45, 2.75) is 0 Å². The summed E-state index contributed by atoms with van der Waals surface area (Å²) in [5.41, 5.74) is 7.22. The van der Waals surface area contributed by atoms with Crippen molar-refractivity contribution in [1.82, 2.24) is 2.89 Å². The van der Waals surface area contributed by atoms with E-state index in [-0.39, 0.29) is 16.4 Å². The van der Waals surface area contributed by atoms with Crippen LogP contribution in [0.15, 0.2) is 0 Å². The summed E-state index contributed by atoms with van der Waals surface area (Å²) in [4.78, 5) is 0. The van der Waals surface area contributed by atoms with Crippen molar-refractivity contribution < 1.29 is 16.4 Å². The molecule has 6 heteroatoms. The van der Waals surface area contributed by atoms with E-state index >= 15 is 0 Å². The molecule has 0 aromatic heterocycles. The number of hydrogen-bond donors (Lipinski definition) is 0. The van der Waals surface area contributed by atoms with Crippen molar-refractivity contribution in [1.29, 1.82) is 0 Å². The Balaban J connectivity index is -0.00000000667. The van der Waals surface area contributed by atoms with Gasteiger partial charge >= 0.3 is 31.3 Å². The summed E-state index contributed by atoms with van der Waals surface area (Å²) in [5.74, 6) is 0. The molecule has 0 rings (SSSR count). The summed E-state index contributed by atoms with van der Waals surface area (Å²) in [6.45, 7) is 0. The van der Waals surface area contributed by atoms with E-state index in [4.69, 9.17) is 5.53 Å². The number of rotatable bonds is 0. The topological polar surface area (TPSA) is 131 Å². The van der Waals surface area contributed by atoms with E-state index in [9.17, 15) is 0 Å². The number of nitrogens with zero attached hydrogens (tertiary/aromatic N) is 2. The molecule has 39 valence electrons. The van der Waals surface area contributed by atoms with Crippen molar-refractivity contribution in [3.05, 3.63) is 5.53 Å². The van der Waals surface area contributed by atoms with Gasteiger partial charge < -0.3 is 16.4 Å². The summed E-state index contributed by atoms with van der Waals surface area (Å²) in [6.07, 6.45) is 0. The third-order valence-corrected chi connectivity index (χ3v) is 0. The average Bonchev–Trinajstić information content (AvgIpc) is 0.918. The third-order valence-electron chi connectivity index (χ3n) is 0. The van der Waals surface area contributed by atoms with E-state index in [0.29, 0.717) is 0 Å². The molecule has 5 nitrogen and oxygen atoms in total. The molecule has 0 atom stereocenters. The predicted molar refractivity (Wildman–Crippen MR) is 22.1 cm³/mol. The molecule has 0 aliphatic heterocycles. The summed E-state index contributed by atoms with van der Waals surface area (Å²) >= 11 is 1.03. The van der Waals surface area contributed by atoms with Gasteiger partial charge in [-0.05, 0) is 0 Å². The average molecular weight is 204 g/mol. The fourth-order valence-electron chi connectivity index (χ4n) is 0. The van der Waals surface area contributed by atoms with E-state index in [2.05, 4.69) is 2.89 Å². The van der Waals surface area contributed by atoms with Gasteiger partial charge in [0.25, 0.3) is 0 Å². The first-order valence-corrected chi connectivity index (χ1v) is 1.54. The first-order valence-electron chi connectivity index (χ1n) is 0.400. The van der Waals surface area contributed by atoms with Crippen molar-refractivity contribution >= 4 is 22.9 Å². The van der Waals surface area contributed by atoms with Crippen LogP contribution >= 0.6 is 0 Å². The Kier molecular flexibility index (Phi) is 364. The molecule has 0 amide bonds. The van der Waals surface area contributed by atoms with E-state index in [1.54, 1.807) is 0 Å². The van der Waals surface area contributed by atoms with Gasteiger partial charge in [-0.25, -0.2) is 0 Å². The van der Waals surface area contributed by atoms with Gasteiger partial charge in [-0.15, -0.1) is 0 Å². The van der Waals surface area contributed by atoms with Crippen LogP contribution in [0.5, 0.6) is 0 Å². The van der Waals surface area contributed by atoms with Crippen LogP contribution in [0.1, 0.15) is 0 Å². The van der Waals surface area contributed by atoms with Gasteiger partial charge in [0.15, 0.2) is 0 Å². The van der Waals surface area contributed by atoms with Crippen LogP contribution in [0, 0.1) is 0 Å². The summed E-state index contributed by atoms with van der Waals surface area (Å²) < 4.78 is 2.55. The Labute approximate surface area is 48.2 Å². The molecule has 0 aliphatic carbocycles. The zero-order valence-electron chi connectivity index (χ0n) is 2.84. The SMILES string of the molecule is O.O.O.[N-]=[N+]=[Sb]. The van der Waals surface area contributed by atoms with Gasteiger partial charge in [-0.2, -0.15) is 0 Å². The zero-order valence-corrected chi connectivity index (χ0v) is 5.39. The van der Waals surface area contributed by atoms with Gasteiger partial charge in [0, 0.05) is 0 Å². The van der Waals surface area contributed by atoms with E-state index in [1.165, 1.54) is 0 Å². The summed E-state index contributed by atoms with van der Waals surface area (Å²) in [7, 11) is 0. The van der Waals surface area contributed by atoms with Crippen LogP contribution in [0.4, 0.5) is 0 Å². The maximum absolute atomic E-state index is 7.22. The molecule has 1 radical (unpaired) electrons. The van der Waals surface area contributed by atoms with Crippen molar-refractivity contribution in [3.63, 3.8) is 0 Å². The van der Waals surface area contributed by atoms with Gasteiger partial charge in [-0.1, -0.05) is 0 Å². The monoisotopic (exact) mass is 203 g/mol. The van der Waals surface area contributed by atoms with Gasteiger partial charge in [0.2, 0.25) is 0 Å². The van der Waals surface area contributed by atoms with Crippen LogP contribution in [0.3, 0.4) is 0 Å². The molecule has 0 bridgehead atoms. The minimum absolute atomic E-state index is 0. The Morgan fingerprint density at radius 2 is 1.17 bits per heavy atom. The zero-order chi connectivity index (χ0) is 2.71. The molecule has 0 saturated carbocycles. The Morgan fingerprint density at radius 1 is 1.17 bits per heavy atom.